The summed E-state index contributed by atoms with van der Waals surface area (Å²) in [7, 11) is 0. The lowest BCUT2D eigenvalue weighted by atomic mass is 9.93. The van der Waals surface area contributed by atoms with Crippen LogP contribution in [0.15, 0.2) is 97.1 Å². The molecule has 0 spiro atoms. The monoisotopic (exact) mass is 601 g/mol. The Morgan fingerprint density at radius 1 is 0.933 bits per heavy atom. The zero-order valence-electron chi connectivity index (χ0n) is 24.9. The molecule has 3 heterocycles. The molecule has 45 heavy (non-hydrogen) atoms. The number of rotatable bonds is 9. The Kier molecular flexibility index (Phi) is 7.56. The maximum absolute atomic E-state index is 13.9. The number of aromatic amines is 1. The fourth-order valence-corrected chi connectivity index (χ4v) is 6.58. The summed E-state index contributed by atoms with van der Waals surface area (Å²) in [5.41, 5.74) is 7.14. The van der Waals surface area contributed by atoms with Gasteiger partial charge in [0.2, 0.25) is 5.91 Å². The number of H-pyrrole nitrogens is 1. The lowest BCUT2D eigenvalue weighted by Crippen LogP contribution is -2.45. The Morgan fingerprint density at radius 3 is 2.49 bits per heavy atom. The summed E-state index contributed by atoms with van der Waals surface area (Å²) in [6.07, 6.45) is 4.16. The van der Waals surface area contributed by atoms with Crippen molar-refractivity contribution in [1.29, 1.82) is 0 Å². The van der Waals surface area contributed by atoms with Crippen LogP contribution in [0.25, 0.3) is 11.0 Å². The van der Waals surface area contributed by atoms with Gasteiger partial charge in [-0.25, -0.2) is 4.98 Å². The fourth-order valence-electron chi connectivity index (χ4n) is 6.58. The number of hydrogen-bond donors (Lipinski definition) is 3. The van der Waals surface area contributed by atoms with E-state index in [1.54, 1.807) is 54.6 Å². The Bertz CT molecular complexity index is 1870. The van der Waals surface area contributed by atoms with E-state index in [9.17, 15) is 14.7 Å². The van der Waals surface area contributed by atoms with Gasteiger partial charge in [0.15, 0.2) is 5.72 Å². The maximum atomic E-state index is 13.9. The molecule has 4 N–H and O–H groups in total. The highest BCUT2D eigenvalue weighted by molar-refractivity contribution is 6.12. The minimum absolute atomic E-state index is 0.332. The van der Waals surface area contributed by atoms with Crippen molar-refractivity contribution in [3.8, 4) is 11.5 Å². The van der Waals surface area contributed by atoms with Crippen LogP contribution in [-0.4, -0.2) is 51.4 Å². The van der Waals surface area contributed by atoms with Gasteiger partial charge in [0.25, 0.3) is 5.91 Å². The number of primary amides is 1. The quantitative estimate of drug-likeness (QED) is 0.200. The number of nitrogens with zero attached hydrogens (tertiary/aromatic N) is 3. The normalized spacial score (nSPS) is 19.0. The number of nitrogens with two attached hydrogens (primary N) is 1. The van der Waals surface area contributed by atoms with Crippen LogP contribution in [-0.2, 0) is 10.5 Å². The van der Waals surface area contributed by atoms with E-state index in [2.05, 4.69) is 9.88 Å². The number of anilines is 1. The summed E-state index contributed by atoms with van der Waals surface area (Å²) in [6.45, 7) is 2.84. The Morgan fingerprint density at radius 2 is 1.69 bits per heavy atom. The van der Waals surface area contributed by atoms with Gasteiger partial charge in [-0.05, 0) is 81.4 Å². The predicted octanol–water partition coefficient (Wildman–Crippen LogP) is 5.65. The van der Waals surface area contributed by atoms with Gasteiger partial charge in [0, 0.05) is 22.8 Å². The van der Waals surface area contributed by atoms with Crippen LogP contribution in [0.2, 0.25) is 0 Å². The molecule has 2 atom stereocenters. The number of para-hydroxylation sites is 1. The van der Waals surface area contributed by atoms with E-state index in [4.69, 9.17) is 15.5 Å². The third-order valence-corrected chi connectivity index (χ3v) is 8.87. The van der Waals surface area contributed by atoms with Crippen LogP contribution in [0.3, 0.4) is 0 Å². The molecular weight excluding hydrogens is 566 g/mol. The van der Waals surface area contributed by atoms with Crippen LogP contribution in [0.5, 0.6) is 11.5 Å². The van der Waals surface area contributed by atoms with Gasteiger partial charge in [-0.15, -0.1) is 0 Å². The number of carbonyl (C=O) groups is 2. The second-order valence-corrected chi connectivity index (χ2v) is 11.8. The number of carbonyl (C=O) groups excluding carboxylic acids is 2. The second kappa shape index (κ2) is 11.8. The molecule has 0 bridgehead atoms. The largest absolute Gasteiger partial charge is 0.457 e. The van der Waals surface area contributed by atoms with E-state index in [1.165, 1.54) is 24.2 Å². The predicted molar refractivity (Wildman–Crippen MR) is 172 cm³/mol. The van der Waals surface area contributed by atoms with E-state index in [1.807, 2.05) is 42.5 Å². The highest BCUT2D eigenvalue weighted by Gasteiger charge is 2.51. The molecule has 0 saturated carbocycles. The summed E-state index contributed by atoms with van der Waals surface area (Å²) in [5.74, 6) is 0.366. The molecule has 0 aliphatic carbocycles. The molecule has 1 aromatic heterocycles. The Labute approximate surface area is 261 Å². The van der Waals surface area contributed by atoms with Crippen molar-refractivity contribution in [3.05, 3.63) is 120 Å². The minimum atomic E-state index is -1.82. The molecule has 1 saturated heterocycles. The van der Waals surface area contributed by atoms with Gasteiger partial charge in [-0.2, -0.15) is 0 Å². The average Bonchev–Trinajstić information content (AvgIpc) is 3.58. The molecule has 2 aliphatic rings. The van der Waals surface area contributed by atoms with Crippen LogP contribution in [0.4, 0.5) is 5.69 Å². The number of hydrogen-bond acceptors (Lipinski definition) is 6. The first kappa shape index (κ1) is 28.8. The molecule has 0 radical (unpaired) electrons. The fraction of sp³-hybridized carbons (Fsp3) is 0.250. The molecular formula is C36H35N5O4. The number of ether oxygens (including phenoxy) is 1. The van der Waals surface area contributed by atoms with Gasteiger partial charge >= 0.3 is 0 Å². The molecule has 7 rings (SSSR count). The maximum Gasteiger partial charge on any atom is 0.261 e. The molecule has 4 aromatic carbocycles. The van der Waals surface area contributed by atoms with E-state index in [-0.39, 0.29) is 5.91 Å². The molecule has 228 valence electrons. The summed E-state index contributed by atoms with van der Waals surface area (Å²) in [6, 6.07) is 28.9. The number of fused-ring (bicyclic) bond motifs is 2. The number of amides is 2. The summed E-state index contributed by atoms with van der Waals surface area (Å²) < 4.78 is 6.05. The number of likely N-dealkylation sites (tertiary alicyclic amines) is 1. The zero-order chi connectivity index (χ0) is 31.0. The van der Waals surface area contributed by atoms with Crippen LogP contribution >= 0.6 is 0 Å². The molecule has 9 nitrogen and oxygen atoms in total. The van der Waals surface area contributed by atoms with Crippen molar-refractivity contribution in [2.45, 2.75) is 37.3 Å². The lowest BCUT2D eigenvalue weighted by molar-refractivity contribution is -0.119. The molecule has 1 fully saturated rings. The Hall–Kier alpha value is -4.99. The SMILES string of the molecule is NC(=O)C(CCN1CCCCC1)c1nc2ccc(C3(O)c4ccccc4C(=O)N3c3cccc(Oc4ccccc4)c3)cc2[nH]1. The van der Waals surface area contributed by atoms with E-state index < -0.39 is 17.6 Å². The molecule has 5 aromatic rings. The van der Waals surface area contributed by atoms with Crippen molar-refractivity contribution < 1.29 is 19.4 Å². The summed E-state index contributed by atoms with van der Waals surface area (Å²) >= 11 is 0. The van der Waals surface area contributed by atoms with Gasteiger partial charge in [0.05, 0.1) is 22.6 Å². The van der Waals surface area contributed by atoms with Crippen LogP contribution in [0, 0.1) is 0 Å². The molecule has 2 amide bonds. The first-order chi connectivity index (χ1) is 21.9. The van der Waals surface area contributed by atoms with Crippen LogP contribution in [0.1, 0.15) is 58.9 Å². The third kappa shape index (κ3) is 5.34. The first-order valence-corrected chi connectivity index (χ1v) is 15.4. The van der Waals surface area contributed by atoms with Gasteiger partial charge in [-0.1, -0.05) is 55.0 Å². The highest BCUT2D eigenvalue weighted by atomic mass is 16.5. The minimum Gasteiger partial charge on any atom is -0.457 e. The number of aliphatic hydroxyl groups is 1. The third-order valence-electron chi connectivity index (χ3n) is 8.87. The van der Waals surface area contributed by atoms with Crippen LogP contribution < -0.4 is 15.4 Å². The number of piperidine rings is 1. The van der Waals surface area contributed by atoms with Crippen molar-refractivity contribution in [2.24, 2.45) is 5.73 Å². The number of aromatic nitrogens is 2. The topological polar surface area (TPSA) is 125 Å². The second-order valence-electron chi connectivity index (χ2n) is 11.8. The standard InChI is InChI=1S/C36H35N5O4/c37-33(42)29(18-21-40-19-7-2-8-20-40)34-38-31-17-16-24(22-32(31)39-34)36(44)30-15-6-5-14-28(30)35(43)41(36)25-10-9-13-27(23-25)45-26-11-3-1-4-12-26/h1,3-6,9-17,22-23,29,44H,2,7-8,18-21H2,(H2,37,42)(H,38,39). The van der Waals surface area contributed by atoms with Crippen molar-refractivity contribution in [3.63, 3.8) is 0 Å². The van der Waals surface area contributed by atoms with Gasteiger partial charge in [-0.3, -0.25) is 14.5 Å². The van der Waals surface area contributed by atoms with Crippen molar-refractivity contribution >= 4 is 28.5 Å². The number of imidazole rings is 1. The smallest absolute Gasteiger partial charge is 0.261 e. The molecule has 2 unspecified atom stereocenters. The molecule has 9 heteroatoms. The average molecular weight is 602 g/mol. The van der Waals surface area contributed by atoms with Gasteiger partial charge in [0.1, 0.15) is 17.3 Å². The first-order valence-electron chi connectivity index (χ1n) is 15.4. The Balaban J connectivity index is 1.25. The number of nitrogens with one attached hydrogen (secondary N) is 1. The van der Waals surface area contributed by atoms with Gasteiger partial charge < -0.3 is 25.5 Å². The number of benzene rings is 4. The van der Waals surface area contributed by atoms with Crippen molar-refractivity contribution in [1.82, 2.24) is 14.9 Å². The van der Waals surface area contributed by atoms with E-state index >= 15 is 0 Å². The molecule has 2 aliphatic heterocycles. The summed E-state index contributed by atoms with van der Waals surface area (Å²) in [4.78, 5) is 38.3. The zero-order valence-corrected chi connectivity index (χ0v) is 24.9. The highest BCUT2D eigenvalue weighted by Crippen LogP contribution is 2.46. The lowest BCUT2D eigenvalue weighted by Gasteiger charge is -2.35. The van der Waals surface area contributed by atoms with E-state index in [0.29, 0.717) is 57.2 Å². The summed E-state index contributed by atoms with van der Waals surface area (Å²) in [5, 5.41) is 12.6. The van der Waals surface area contributed by atoms with Crippen molar-refractivity contribution in [2.75, 3.05) is 24.5 Å². The van der Waals surface area contributed by atoms with E-state index in [0.717, 1.165) is 19.6 Å².